The van der Waals surface area contributed by atoms with Crippen molar-refractivity contribution in [1.29, 1.82) is 0 Å². The molecule has 6 nitrogen and oxygen atoms in total. The van der Waals surface area contributed by atoms with Crippen molar-refractivity contribution in [3.63, 3.8) is 0 Å². The first kappa shape index (κ1) is 15.0. The third-order valence-electron chi connectivity index (χ3n) is 4.01. The molecule has 4 rings (SSSR count). The van der Waals surface area contributed by atoms with Crippen LogP contribution in [0.5, 0.6) is 0 Å². The maximum Gasteiger partial charge on any atom is 0.259 e. The van der Waals surface area contributed by atoms with E-state index in [0.29, 0.717) is 12.0 Å². The quantitative estimate of drug-likeness (QED) is 0.603. The fraction of sp³-hybridized carbons (Fsp3) is 0.0526. The van der Waals surface area contributed by atoms with Crippen molar-refractivity contribution in [2.24, 2.45) is 0 Å². The van der Waals surface area contributed by atoms with Crippen LogP contribution in [0.2, 0.25) is 0 Å². The van der Waals surface area contributed by atoms with Gasteiger partial charge in [-0.05, 0) is 34.4 Å². The third kappa shape index (κ3) is 3.10. The van der Waals surface area contributed by atoms with Gasteiger partial charge < -0.3 is 4.98 Å². The topological polar surface area (TPSA) is 87.3 Å². The minimum Gasteiger partial charge on any atom is -0.321 e. The minimum atomic E-state index is -0.239. The number of nitrogens with zero attached hydrogens (tertiary/aromatic N) is 3. The van der Waals surface area contributed by atoms with E-state index in [2.05, 4.69) is 37.7 Å². The highest BCUT2D eigenvalue weighted by atomic mass is 16.1. The zero-order chi connectivity index (χ0) is 17.1. The van der Waals surface area contributed by atoms with Crippen molar-refractivity contribution in [2.75, 3.05) is 0 Å². The van der Waals surface area contributed by atoms with Crippen LogP contribution in [0.15, 0.2) is 71.5 Å². The second-order valence-corrected chi connectivity index (χ2v) is 5.68. The molecule has 0 atom stereocenters. The minimum absolute atomic E-state index is 0.239. The Morgan fingerprint density at radius 1 is 0.920 bits per heavy atom. The molecule has 2 aromatic carbocycles. The lowest BCUT2D eigenvalue weighted by Gasteiger charge is -2.11. The van der Waals surface area contributed by atoms with Crippen LogP contribution >= 0.6 is 0 Å². The summed E-state index contributed by atoms with van der Waals surface area (Å²) in [5.41, 5.74) is 4.09. The zero-order valence-electron chi connectivity index (χ0n) is 13.3. The van der Waals surface area contributed by atoms with Gasteiger partial charge in [-0.2, -0.15) is 5.21 Å². The van der Waals surface area contributed by atoms with Crippen LogP contribution in [0.25, 0.3) is 22.6 Å². The standard InChI is InChI=1S/C19H15N5O/c25-19-16(18-21-23-24-22-18)12-15(11-13-7-3-1-4-8-13)17(20-19)14-9-5-2-6-10-14/h1-10,12H,11H2,(H,20,25)(H,21,22,23,24). The van der Waals surface area contributed by atoms with Gasteiger partial charge in [-0.15, -0.1) is 10.2 Å². The summed E-state index contributed by atoms with van der Waals surface area (Å²) in [6.07, 6.45) is 0.687. The number of aromatic nitrogens is 5. The van der Waals surface area contributed by atoms with Crippen LogP contribution in [0, 0.1) is 0 Å². The average molecular weight is 329 g/mol. The number of aromatic amines is 2. The van der Waals surface area contributed by atoms with Crippen molar-refractivity contribution in [2.45, 2.75) is 6.42 Å². The van der Waals surface area contributed by atoms with Crippen molar-refractivity contribution in [1.82, 2.24) is 25.6 Å². The molecule has 0 aliphatic carbocycles. The van der Waals surface area contributed by atoms with E-state index in [4.69, 9.17) is 0 Å². The van der Waals surface area contributed by atoms with Gasteiger partial charge in [-0.3, -0.25) is 4.79 Å². The Balaban J connectivity index is 1.88. The van der Waals surface area contributed by atoms with Gasteiger partial charge >= 0.3 is 0 Å². The predicted molar refractivity (Wildman–Crippen MR) is 94.9 cm³/mol. The normalized spacial score (nSPS) is 10.7. The number of hydrogen-bond acceptors (Lipinski definition) is 4. The fourth-order valence-corrected chi connectivity index (χ4v) is 2.83. The molecule has 0 fully saturated rings. The van der Waals surface area contributed by atoms with Crippen molar-refractivity contribution >= 4 is 0 Å². The van der Waals surface area contributed by atoms with Gasteiger partial charge in [0.25, 0.3) is 5.56 Å². The molecule has 2 aromatic heterocycles. The number of hydrogen-bond donors (Lipinski definition) is 2. The highest BCUT2D eigenvalue weighted by molar-refractivity contribution is 5.67. The lowest BCUT2D eigenvalue weighted by atomic mass is 9.98. The molecule has 0 saturated carbocycles. The molecule has 122 valence electrons. The highest BCUT2D eigenvalue weighted by Crippen LogP contribution is 2.25. The monoisotopic (exact) mass is 329 g/mol. The molecule has 0 aliphatic rings. The molecule has 0 unspecified atom stereocenters. The largest absolute Gasteiger partial charge is 0.321 e. The molecule has 2 heterocycles. The zero-order valence-corrected chi connectivity index (χ0v) is 13.3. The highest BCUT2D eigenvalue weighted by Gasteiger charge is 2.15. The van der Waals surface area contributed by atoms with Gasteiger partial charge in [-0.25, -0.2) is 0 Å². The van der Waals surface area contributed by atoms with E-state index < -0.39 is 0 Å². The fourth-order valence-electron chi connectivity index (χ4n) is 2.83. The van der Waals surface area contributed by atoms with E-state index >= 15 is 0 Å². The third-order valence-corrected chi connectivity index (χ3v) is 4.01. The van der Waals surface area contributed by atoms with Gasteiger partial charge in [-0.1, -0.05) is 60.7 Å². The Bertz CT molecular complexity index is 1020. The second kappa shape index (κ2) is 6.52. The van der Waals surface area contributed by atoms with Crippen molar-refractivity contribution < 1.29 is 0 Å². The number of pyridine rings is 1. The first-order valence-electron chi connectivity index (χ1n) is 7.90. The number of rotatable bonds is 4. The maximum absolute atomic E-state index is 12.5. The Kier molecular flexibility index (Phi) is 3.92. The molecule has 25 heavy (non-hydrogen) atoms. The first-order chi connectivity index (χ1) is 12.3. The molecule has 4 aromatic rings. The Hall–Kier alpha value is -3.54. The van der Waals surface area contributed by atoms with E-state index in [1.54, 1.807) is 0 Å². The number of nitrogens with one attached hydrogen (secondary N) is 2. The molecular formula is C19H15N5O. The molecule has 2 N–H and O–H groups in total. The molecule has 0 saturated heterocycles. The summed E-state index contributed by atoms with van der Waals surface area (Å²) in [5.74, 6) is 0.287. The van der Waals surface area contributed by atoms with Gasteiger partial charge in [0.05, 0.1) is 11.3 Å². The summed E-state index contributed by atoms with van der Waals surface area (Å²) in [4.78, 5) is 15.5. The van der Waals surface area contributed by atoms with E-state index in [-0.39, 0.29) is 11.4 Å². The Labute approximate surface area is 143 Å². The van der Waals surface area contributed by atoms with Gasteiger partial charge in [0.15, 0.2) is 0 Å². The average Bonchev–Trinajstić information content (AvgIpc) is 3.19. The van der Waals surface area contributed by atoms with Crippen LogP contribution in [0.3, 0.4) is 0 Å². The van der Waals surface area contributed by atoms with Crippen LogP contribution in [0.1, 0.15) is 11.1 Å². The maximum atomic E-state index is 12.5. The van der Waals surface area contributed by atoms with Crippen LogP contribution in [-0.2, 0) is 6.42 Å². The molecule has 0 amide bonds. The van der Waals surface area contributed by atoms with Crippen LogP contribution in [-0.4, -0.2) is 25.6 Å². The molecular weight excluding hydrogens is 314 g/mol. The molecule has 0 radical (unpaired) electrons. The SMILES string of the molecule is O=c1[nH]c(-c2ccccc2)c(Cc2ccccc2)cc1-c1nn[nH]n1. The summed E-state index contributed by atoms with van der Waals surface area (Å²) in [6.45, 7) is 0. The van der Waals surface area contributed by atoms with Crippen LogP contribution < -0.4 is 5.56 Å². The number of tetrazole rings is 1. The van der Waals surface area contributed by atoms with Gasteiger partial charge in [0.2, 0.25) is 5.82 Å². The van der Waals surface area contributed by atoms with E-state index in [9.17, 15) is 4.79 Å². The summed E-state index contributed by atoms with van der Waals surface area (Å²) in [7, 11) is 0. The predicted octanol–water partition coefficient (Wildman–Crippen LogP) is 2.81. The second-order valence-electron chi connectivity index (χ2n) is 5.68. The molecule has 6 heteroatoms. The van der Waals surface area contributed by atoms with Gasteiger partial charge in [0, 0.05) is 0 Å². The van der Waals surface area contributed by atoms with Crippen molar-refractivity contribution in [3.8, 4) is 22.6 Å². The van der Waals surface area contributed by atoms with Gasteiger partial charge in [0.1, 0.15) is 0 Å². The van der Waals surface area contributed by atoms with E-state index in [0.717, 1.165) is 22.4 Å². The summed E-state index contributed by atoms with van der Waals surface area (Å²) >= 11 is 0. The van der Waals surface area contributed by atoms with E-state index in [1.807, 2.05) is 54.6 Å². The van der Waals surface area contributed by atoms with E-state index in [1.165, 1.54) is 0 Å². The molecule has 0 spiro atoms. The summed E-state index contributed by atoms with van der Waals surface area (Å²) in [5, 5.41) is 13.8. The van der Waals surface area contributed by atoms with Crippen molar-refractivity contribution in [3.05, 3.63) is 88.2 Å². The lowest BCUT2D eigenvalue weighted by molar-refractivity contribution is 0.881. The molecule has 0 aliphatic heterocycles. The van der Waals surface area contributed by atoms with Crippen LogP contribution in [0.4, 0.5) is 0 Å². The summed E-state index contributed by atoms with van der Waals surface area (Å²) in [6, 6.07) is 21.8. The Morgan fingerprint density at radius 2 is 1.64 bits per heavy atom. The Morgan fingerprint density at radius 3 is 2.32 bits per heavy atom. The molecule has 0 bridgehead atoms. The summed E-state index contributed by atoms with van der Waals surface area (Å²) < 4.78 is 0. The number of H-pyrrole nitrogens is 2. The smallest absolute Gasteiger partial charge is 0.259 e. The lowest BCUT2D eigenvalue weighted by Crippen LogP contribution is -2.13. The first-order valence-corrected chi connectivity index (χ1v) is 7.90. The number of benzene rings is 2.